The van der Waals surface area contributed by atoms with Crippen LogP contribution in [0.25, 0.3) is 55.6 Å². The van der Waals surface area contributed by atoms with Gasteiger partial charge in [0, 0.05) is 35.1 Å². The van der Waals surface area contributed by atoms with E-state index in [1.54, 1.807) is 37.2 Å². The van der Waals surface area contributed by atoms with Gasteiger partial charge in [-0.2, -0.15) is 0 Å². The zero-order chi connectivity index (χ0) is 19.9. The standard InChI is InChI=1S/C22H12N8/c1-2-16-14(7-24-12-28-16)5-13(1)19-10-25-18-6-15(8-27-22(18)30-19)20-11-26-21-9-23-4-3-17(21)29-20/h1-12H. The Morgan fingerprint density at radius 2 is 1.43 bits per heavy atom. The summed E-state index contributed by atoms with van der Waals surface area (Å²) in [4.78, 5) is 35.2. The predicted octanol–water partition coefficient (Wildman–Crippen LogP) is 3.64. The molecule has 0 N–H and O–H groups in total. The second kappa shape index (κ2) is 6.56. The summed E-state index contributed by atoms with van der Waals surface area (Å²) in [5.74, 6) is 0. The quantitative estimate of drug-likeness (QED) is 0.443. The van der Waals surface area contributed by atoms with Gasteiger partial charge in [-0.3, -0.25) is 15.0 Å². The van der Waals surface area contributed by atoms with Crippen molar-refractivity contribution < 1.29 is 0 Å². The Labute approximate surface area is 169 Å². The lowest BCUT2D eigenvalue weighted by Gasteiger charge is -2.06. The fraction of sp³-hybridized carbons (Fsp3) is 0. The van der Waals surface area contributed by atoms with Gasteiger partial charge in [0.05, 0.1) is 41.0 Å². The third-order valence-electron chi connectivity index (χ3n) is 4.84. The molecule has 0 amide bonds. The molecule has 6 rings (SSSR count). The number of hydrogen-bond donors (Lipinski definition) is 0. The van der Waals surface area contributed by atoms with E-state index in [1.165, 1.54) is 6.33 Å². The summed E-state index contributed by atoms with van der Waals surface area (Å²) < 4.78 is 0. The van der Waals surface area contributed by atoms with Crippen molar-refractivity contribution in [3.8, 4) is 22.5 Å². The number of aromatic nitrogens is 8. The van der Waals surface area contributed by atoms with E-state index < -0.39 is 0 Å². The highest BCUT2D eigenvalue weighted by Gasteiger charge is 2.09. The van der Waals surface area contributed by atoms with E-state index in [9.17, 15) is 0 Å². The van der Waals surface area contributed by atoms with Gasteiger partial charge in [0.2, 0.25) is 0 Å². The van der Waals surface area contributed by atoms with Gasteiger partial charge in [-0.15, -0.1) is 0 Å². The largest absolute Gasteiger partial charge is 0.262 e. The first-order chi connectivity index (χ1) is 14.8. The molecule has 0 fully saturated rings. The fourth-order valence-corrected chi connectivity index (χ4v) is 3.33. The van der Waals surface area contributed by atoms with Crippen LogP contribution in [-0.2, 0) is 0 Å². The summed E-state index contributed by atoms with van der Waals surface area (Å²) in [7, 11) is 0. The zero-order valence-electron chi connectivity index (χ0n) is 15.5. The lowest BCUT2D eigenvalue weighted by atomic mass is 10.1. The average Bonchev–Trinajstić information content (AvgIpc) is 2.83. The molecule has 5 aromatic heterocycles. The van der Waals surface area contributed by atoms with Crippen molar-refractivity contribution in [3.05, 3.63) is 73.8 Å². The smallest absolute Gasteiger partial charge is 0.178 e. The van der Waals surface area contributed by atoms with E-state index in [-0.39, 0.29) is 0 Å². The molecule has 30 heavy (non-hydrogen) atoms. The molecule has 140 valence electrons. The van der Waals surface area contributed by atoms with Crippen LogP contribution in [0.15, 0.2) is 73.8 Å². The number of nitrogens with zero attached hydrogens (tertiary/aromatic N) is 8. The monoisotopic (exact) mass is 388 g/mol. The van der Waals surface area contributed by atoms with Crippen LogP contribution in [0, 0.1) is 0 Å². The molecule has 0 aliphatic heterocycles. The van der Waals surface area contributed by atoms with E-state index in [0.717, 1.165) is 44.5 Å². The third-order valence-corrected chi connectivity index (χ3v) is 4.84. The molecule has 0 radical (unpaired) electrons. The summed E-state index contributed by atoms with van der Waals surface area (Å²) in [5.41, 5.74) is 6.91. The van der Waals surface area contributed by atoms with E-state index in [2.05, 4.69) is 39.9 Å². The molecule has 0 atom stereocenters. The van der Waals surface area contributed by atoms with Crippen molar-refractivity contribution >= 4 is 33.1 Å². The lowest BCUT2D eigenvalue weighted by molar-refractivity contribution is 1.21. The van der Waals surface area contributed by atoms with Crippen molar-refractivity contribution in [2.45, 2.75) is 0 Å². The highest BCUT2D eigenvalue weighted by molar-refractivity contribution is 5.84. The topological polar surface area (TPSA) is 103 Å². The number of hydrogen-bond acceptors (Lipinski definition) is 8. The van der Waals surface area contributed by atoms with E-state index in [4.69, 9.17) is 0 Å². The molecule has 1 aromatic carbocycles. The fourth-order valence-electron chi connectivity index (χ4n) is 3.33. The highest BCUT2D eigenvalue weighted by Crippen LogP contribution is 2.24. The molecule has 0 aliphatic carbocycles. The molecule has 8 heteroatoms. The van der Waals surface area contributed by atoms with Crippen molar-refractivity contribution in [2.24, 2.45) is 0 Å². The Hall–Kier alpha value is -4.46. The molecule has 0 spiro atoms. The molecule has 0 unspecified atom stereocenters. The molecule has 8 nitrogen and oxygen atoms in total. The lowest BCUT2D eigenvalue weighted by Crippen LogP contribution is -1.94. The minimum absolute atomic E-state index is 0.568. The normalized spacial score (nSPS) is 11.3. The summed E-state index contributed by atoms with van der Waals surface area (Å²) in [6.45, 7) is 0. The molecule has 5 heterocycles. The van der Waals surface area contributed by atoms with Crippen LogP contribution >= 0.6 is 0 Å². The third kappa shape index (κ3) is 2.78. The average molecular weight is 388 g/mol. The van der Waals surface area contributed by atoms with E-state index >= 15 is 0 Å². The number of fused-ring (bicyclic) bond motifs is 3. The SMILES string of the molecule is c1cc2nc(-c3cnc4nc(-c5ccc6ncncc6c5)cnc4c3)cnc2cn1. The van der Waals surface area contributed by atoms with Crippen LogP contribution in [0.4, 0.5) is 0 Å². The number of rotatable bonds is 2. The van der Waals surface area contributed by atoms with Crippen LogP contribution < -0.4 is 0 Å². The molecular formula is C22H12N8. The van der Waals surface area contributed by atoms with Gasteiger partial charge in [-0.25, -0.2) is 24.9 Å². The molecule has 0 saturated heterocycles. The second-order valence-electron chi connectivity index (χ2n) is 6.74. The minimum Gasteiger partial charge on any atom is -0.262 e. The van der Waals surface area contributed by atoms with Crippen molar-refractivity contribution in [2.75, 3.05) is 0 Å². The van der Waals surface area contributed by atoms with Crippen molar-refractivity contribution in [3.63, 3.8) is 0 Å². The highest BCUT2D eigenvalue weighted by atomic mass is 14.9. The summed E-state index contributed by atoms with van der Waals surface area (Å²) in [5, 5.41) is 0.949. The minimum atomic E-state index is 0.568. The van der Waals surface area contributed by atoms with Crippen molar-refractivity contribution in [1.29, 1.82) is 0 Å². The van der Waals surface area contributed by atoms with Crippen LogP contribution in [0.1, 0.15) is 0 Å². The second-order valence-corrected chi connectivity index (χ2v) is 6.74. The van der Waals surface area contributed by atoms with Crippen LogP contribution in [-0.4, -0.2) is 39.9 Å². The summed E-state index contributed by atoms with van der Waals surface area (Å²) in [6.07, 6.45) is 11.9. The Morgan fingerprint density at radius 3 is 2.40 bits per heavy atom. The van der Waals surface area contributed by atoms with Gasteiger partial charge < -0.3 is 0 Å². The van der Waals surface area contributed by atoms with Gasteiger partial charge in [0.1, 0.15) is 17.4 Å². The first-order valence-corrected chi connectivity index (χ1v) is 9.24. The van der Waals surface area contributed by atoms with Crippen LogP contribution in [0.3, 0.4) is 0 Å². The van der Waals surface area contributed by atoms with E-state index in [0.29, 0.717) is 11.2 Å². The Kier molecular flexibility index (Phi) is 3.60. The Morgan fingerprint density at radius 1 is 0.533 bits per heavy atom. The van der Waals surface area contributed by atoms with E-state index in [1.807, 2.05) is 30.3 Å². The molecule has 0 saturated carbocycles. The predicted molar refractivity (Wildman–Crippen MR) is 112 cm³/mol. The molecule has 0 aliphatic rings. The maximum atomic E-state index is 4.68. The number of benzene rings is 1. The first kappa shape index (κ1) is 16.5. The summed E-state index contributed by atoms with van der Waals surface area (Å²) >= 11 is 0. The van der Waals surface area contributed by atoms with Crippen LogP contribution in [0.2, 0.25) is 0 Å². The summed E-state index contributed by atoms with van der Waals surface area (Å²) in [6, 6.07) is 9.67. The van der Waals surface area contributed by atoms with Gasteiger partial charge in [0.15, 0.2) is 5.65 Å². The molecule has 0 bridgehead atoms. The zero-order valence-corrected chi connectivity index (χ0v) is 15.5. The van der Waals surface area contributed by atoms with Gasteiger partial charge in [0.25, 0.3) is 0 Å². The molecule has 6 aromatic rings. The maximum Gasteiger partial charge on any atom is 0.178 e. The van der Waals surface area contributed by atoms with Crippen molar-refractivity contribution in [1.82, 2.24) is 39.9 Å². The number of pyridine rings is 2. The Balaban J connectivity index is 1.41. The molecular weight excluding hydrogens is 376 g/mol. The maximum absolute atomic E-state index is 4.68. The van der Waals surface area contributed by atoms with Crippen LogP contribution in [0.5, 0.6) is 0 Å². The first-order valence-electron chi connectivity index (χ1n) is 9.24. The van der Waals surface area contributed by atoms with Gasteiger partial charge in [-0.05, 0) is 24.3 Å². The van der Waals surface area contributed by atoms with Gasteiger partial charge in [-0.1, -0.05) is 6.07 Å². The Bertz CT molecular complexity index is 1450. The van der Waals surface area contributed by atoms with Gasteiger partial charge >= 0.3 is 0 Å².